The van der Waals surface area contributed by atoms with Gasteiger partial charge in [0, 0.05) is 12.3 Å². The topological polar surface area (TPSA) is 80.9 Å². The Morgan fingerprint density at radius 2 is 2.25 bits per heavy atom. The van der Waals surface area contributed by atoms with E-state index in [2.05, 4.69) is 15.5 Å². The summed E-state index contributed by atoms with van der Waals surface area (Å²) in [5, 5.41) is 21.1. The number of hydrogen-bond acceptors (Lipinski definition) is 5. The van der Waals surface area contributed by atoms with E-state index in [1.807, 2.05) is 0 Å². The average Bonchev–Trinajstić information content (AvgIpc) is 2.65. The van der Waals surface area contributed by atoms with Crippen LogP contribution in [0.3, 0.4) is 0 Å². The van der Waals surface area contributed by atoms with Crippen molar-refractivity contribution in [1.82, 2.24) is 20.2 Å². The first-order valence-electron chi connectivity index (χ1n) is 5.30. The Morgan fingerprint density at radius 1 is 1.50 bits per heavy atom. The van der Waals surface area contributed by atoms with Gasteiger partial charge in [-0.2, -0.15) is 0 Å². The third-order valence-corrected chi connectivity index (χ3v) is 4.28. The van der Waals surface area contributed by atoms with Crippen molar-refractivity contribution in [3.05, 3.63) is 0 Å². The fraction of sp³-hybridized carbons (Fsp3) is 0.778. The largest absolute Gasteiger partial charge is 0.481 e. The number of nitrogens with zero attached hydrogens (tertiary/aromatic N) is 4. The lowest BCUT2D eigenvalue weighted by Crippen LogP contribution is -2.29. The molecule has 0 aliphatic heterocycles. The van der Waals surface area contributed by atoms with E-state index in [-0.39, 0.29) is 11.2 Å². The van der Waals surface area contributed by atoms with Crippen LogP contribution in [0.4, 0.5) is 0 Å². The molecule has 0 aromatic carbocycles. The number of thioether (sulfide) groups is 1. The van der Waals surface area contributed by atoms with E-state index < -0.39 is 5.97 Å². The fourth-order valence-electron chi connectivity index (χ4n) is 1.98. The van der Waals surface area contributed by atoms with Gasteiger partial charge in [0.1, 0.15) is 0 Å². The molecule has 1 aromatic heterocycles. The van der Waals surface area contributed by atoms with Crippen molar-refractivity contribution in [3.63, 3.8) is 0 Å². The van der Waals surface area contributed by atoms with Crippen LogP contribution in [0.25, 0.3) is 0 Å². The molecule has 1 aliphatic carbocycles. The summed E-state index contributed by atoms with van der Waals surface area (Å²) < 4.78 is 1.58. The van der Waals surface area contributed by atoms with Gasteiger partial charge in [0.25, 0.3) is 0 Å². The minimum Gasteiger partial charge on any atom is -0.481 e. The molecule has 1 aromatic rings. The van der Waals surface area contributed by atoms with Gasteiger partial charge >= 0.3 is 5.97 Å². The van der Waals surface area contributed by atoms with Gasteiger partial charge in [0.05, 0.1) is 5.92 Å². The first-order chi connectivity index (χ1) is 7.68. The molecule has 1 fully saturated rings. The predicted octanol–water partition coefficient (Wildman–Crippen LogP) is 0.946. The van der Waals surface area contributed by atoms with Gasteiger partial charge in [0.15, 0.2) is 0 Å². The highest BCUT2D eigenvalue weighted by atomic mass is 32.2. The highest BCUT2D eigenvalue weighted by Crippen LogP contribution is 2.36. The van der Waals surface area contributed by atoms with Crippen LogP contribution in [0.2, 0.25) is 0 Å². The molecule has 2 atom stereocenters. The van der Waals surface area contributed by atoms with E-state index in [1.165, 1.54) is 11.8 Å². The number of carbonyl (C=O) groups is 1. The fourth-order valence-corrected chi connectivity index (χ4v) is 3.22. The van der Waals surface area contributed by atoms with Gasteiger partial charge < -0.3 is 5.11 Å². The van der Waals surface area contributed by atoms with Crippen molar-refractivity contribution >= 4 is 17.7 Å². The van der Waals surface area contributed by atoms with Gasteiger partial charge in [-0.3, -0.25) is 4.79 Å². The number of aromatic nitrogens is 4. The van der Waals surface area contributed by atoms with Crippen LogP contribution in [-0.4, -0.2) is 36.5 Å². The first kappa shape index (κ1) is 11.4. The lowest BCUT2D eigenvalue weighted by molar-refractivity contribution is -0.142. The van der Waals surface area contributed by atoms with Crippen molar-refractivity contribution in [2.45, 2.75) is 36.1 Å². The molecule has 0 saturated heterocycles. The lowest BCUT2D eigenvalue weighted by atomic mass is 9.89. The number of carboxylic acids is 1. The van der Waals surface area contributed by atoms with E-state index in [9.17, 15) is 4.79 Å². The average molecular weight is 242 g/mol. The molecule has 16 heavy (non-hydrogen) atoms. The lowest BCUT2D eigenvalue weighted by Gasteiger charge is -2.27. The Bertz CT molecular complexity index is 381. The molecule has 0 bridgehead atoms. The van der Waals surface area contributed by atoms with Crippen LogP contribution in [0, 0.1) is 5.92 Å². The molecular formula is C9H14N4O2S. The van der Waals surface area contributed by atoms with E-state index >= 15 is 0 Å². The number of rotatable bonds is 3. The van der Waals surface area contributed by atoms with Gasteiger partial charge in [-0.05, 0) is 23.3 Å². The smallest absolute Gasteiger partial charge is 0.307 e. The zero-order valence-corrected chi connectivity index (χ0v) is 9.85. The second kappa shape index (κ2) is 4.82. The zero-order chi connectivity index (χ0) is 11.5. The van der Waals surface area contributed by atoms with E-state index in [0.29, 0.717) is 5.16 Å². The maximum atomic E-state index is 11.1. The summed E-state index contributed by atoms with van der Waals surface area (Å²) >= 11 is 1.48. The van der Waals surface area contributed by atoms with Gasteiger partial charge in [0.2, 0.25) is 5.16 Å². The van der Waals surface area contributed by atoms with Crippen molar-refractivity contribution in [2.24, 2.45) is 13.0 Å². The summed E-state index contributed by atoms with van der Waals surface area (Å²) in [5.41, 5.74) is 0. The van der Waals surface area contributed by atoms with Crippen LogP contribution in [0.1, 0.15) is 25.7 Å². The molecule has 0 radical (unpaired) electrons. The molecule has 1 heterocycles. The summed E-state index contributed by atoms with van der Waals surface area (Å²) in [4.78, 5) is 11.1. The molecule has 6 nitrogen and oxygen atoms in total. The minimum absolute atomic E-state index is 0.0935. The van der Waals surface area contributed by atoms with Crippen LogP contribution >= 0.6 is 11.8 Å². The number of aryl methyl sites for hydroxylation is 1. The summed E-state index contributed by atoms with van der Waals surface area (Å²) in [6.45, 7) is 0. The molecule has 2 unspecified atom stereocenters. The monoisotopic (exact) mass is 242 g/mol. The SMILES string of the molecule is Cn1nnnc1SC1CCCCC1C(=O)O. The normalized spacial score (nSPS) is 25.6. The Morgan fingerprint density at radius 3 is 2.88 bits per heavy atom. The Hall–Kier alpha value is -1.11. The van der Waals surface area contributed by atoms with Crippen molar-refractivity contribution < 1.29 is 9.90 Å². The number of carboxylic acid groups (broad SMARTS) is 1. The summed E-state index contributed by atoms with van der Waals surface area (Å²) in [5.74, 6) is -0.970. The molecule has 1 saturated carbocycles. The second-order valence-electron chi connectivity index (χ2n) is 3.97. The molecule has 0 amide bonds. The zero-order valence-electron chi connectivity index (χ0n) is 9.04. The second-order valence-corrected chi connectivity index (χ2v) is 5.18. The van der Waals surface area contributed by atoms with Crippen LogP contribution in [0.5, 0.6) is 0 Å². The quantitative estimate of drug-likeness (QED) is 0.849. The van der Waals surface area contributed by atoms with Gasteiger partial charge in [-0.1, -0.05) is 24.6 Å². The highest BCUT2D eigenvalue weighted by molar-refractivity contribution is 7.99. The molecule has 1 aliphatic rings. The van der Waals surface area contributed by atoms with Crippen LogP contribution in [-0.2, 0) is 11.8 Å². The third kappa shape index (κ3) is 2.34. The Labute approximate surface area is 97.4 Å². The Kier molecular flexibility index (Phi) is 3.42. The third-order valence-electron chi connectivity index (χ3n) is 2.86. The van der Waals surface area contributed by atoms with Crippen molar-refractivity contribution in [2.75, 3.05) is 0 Å². The van der Waals surface area contributed by atoms with Crippen molar-refractivity contribution in [3.8, 4) is 0 Å². The van der Waals surface area contributed by atoms with E-state index in [0.717, 1.165) is 25.7 Å². The van der Waals surface area contributed by atoms with E-state index in [1.54, 1.807) is 11.7 Å². The molecule has 1 N–H and O–H groups in total. The molecule has 88 valence electrons. The number of tetrazole rings is 1. The maximum Gasteiger partial charge on any atom is 0.307 e. The Balaban J connectivity index is 2.07. The summed E-state index contributed by atoms with van der Waals surface area (Å²) in [6.07, 6.45) is 3.78. The number of hydrogen-bond donors (Lipinski definition) is 1. The highest BCUT2D eigenvalue weighted by Gasteiger charge is 2.32. The van der Waals surface area contributed by atoms with Crippen LogP contribution < -0.4 is 0 Å². The van der Waals surface area contributed by atoms with Crippen LogP contribution in [0.15, 0.2) is 5.16 Å². The van der Waals surface area contributed by atoms with Crippen molar-refractivity contribution in [1.29, 1.82) is 0 Å². The molecular weight excluding hydrogens is 228 g/mol. The molecule has 7 heteroatoms. The standard InChI is InChI=1S/C9H14N4O2S/c1-13-9(10-11-12-13)16-7-5-3-2-4-6(7)8(14)15/h6-7H,2-5H2,1H3,(H,14,15). The van der Waals surface area contributed by atoms with E-state index in [4.69, 9.17) is 5.11 Å². The minimum atomic E-state index is -0.702. The predicted molar refractivity (Wildman–Crippen MR) is 58.0 cm³/mol. The summed E-state index contributed by atoms with van der Waals surface area (Å²) in [7, 11) is 1.76. The molecule has 0 spiro atoms. The van der Waals surface area contributed by atoms with Gasteiger partial charge in [-0.15, -0.1) is 5.10 Å². The van der Waals surface area contributed by atoms with Gasteiger partial charge in [-0.25, -0.2) is 4.68 Å². The molecule has 2 rings (SSSR count). The summed E-state index contributed by atoms with van der Waals surface area (Å²) in [6, 6.07) is 0. The number of aliphatic carboxylic acids is 1. The first-order valence-corrected chi connectivity index (χ1v) is 6.18. The maximum absolute atomic E-state index is 11.1.